The highest BCUT2D eigenvalue weighted by Gasteiger charge is 2.28. The summed E-state index contributed by atoms with van der Waals surface area (Å²) in [6.45, 7) is 3.17. The summed E-state index contributed by atoms with van der Waals surface area (Å²) in [6, 6.07) is 0.500. The molecule has 0 saturated heterocycles. The Morgan fingerprint density at radius 2 is 2.17 bits per heavy atom. The molecule has 1 N–H and O–H groups in total. The average Bonchev–Trinajstić information content (AvgIpc) is 2.69. The molecule has 2 unspecified atom stereocenters. The lowest BCUT2D eigenvalue weighted by Gasteiger charge is -2.22. The fourth-order valence-corrected chi connectivity index (χ4v) is 3.09. The number of thioether (sulfide) groups is 1. The second-order valence-corrected chi connectivity index (χ2v) is 5.76. The highest BCUT2D eigenvalue weighted by molar-refractivity contribution is 7.97. The van der Waals surface area contributed by atoms with Crippen LogP contribution in [0.5, 0.6) is 0 Å². The molecule has 1 saturated carbocycles. The summed E-state index contributed by atoms with van der Waals surface area (Å²) in [7, 11) is 0. The van der Waals surface area contributed by atoms with E-state index in [4.69, 9.17) is 4.52 Å². The van der Waals surface area contributed by atoms with Gasteiger partial charge in [0.2, 0.25) is 5.89 Å². The van der Waals surface area contributed by atoms with Crippen molar-refractivity contribution in [1.29, 1.82) is 0 Å². The van der Waals surface area contributed by atoms with Crippen molar-refractivity contribution in [3.8, 4) is 0 Å². The topological polar surface area (TPSA) is 51.0 Å². The van der Waals surface area contributed by atoms with Crippen LogP contribution in [0.15, 0.2) is 4.52 Å². The minimum absolute atomic E-state index is 0.399. The molecular formula is C13H23N3OS. The maximum atomic E-state index is 5.47. The van der Waals surface area contributed by atoms with Gasteiger partial charge in [-0.3, -0.25) is 0 Å². The molecule has 2 atom stereocenters. The Morgan fingerprint density at radius 3 is 2.94 bits per heavy atom. The van der Waals surface area contributed by atoms with Crippen LogP contribution in [0.3, 0.4) is 0 Å². The van der Waals surface area contributed by atoms with Crippen molar-refractivity contribution in [2.45, 2.75) is 56.7 Å². The molecule has 1 aromatic heterocycles. The lowest BCUT2D eigenvalue weighted by atomic mass is 9.94. The zero-order chi connectivity index (χ0) is 12.8. The summed E-state index contributed by atoms with van der Waals surface area (Å²) >= 11 is 1.73. The van der Waals surface area contributed by atoms with Crippen LogP contribution in [0.4, 0.5) is 0 Å². The van der Waals surface area contributed by atoms with Crippen LogP contribution in [0.2, 0.25) is 0 Å². The van der Waals surface area contributed by atoms with E-state index in [1.807, 2.05) is 0 Å². The van der Waals surface area contributed by atoms with Crippen molar-refractivity contribution in [1.82, 2.24) is 15.5 Å². The van der Waals surface area contributed by atoms with E-state index in [1.54, 1.807) is 11.8 Å². The van der Waals surface area contributed by atoms with Crippen molar-refractivity contribution in [2.24, 2.45) is 0 Å². The third-order valence-electron chi connectivity index (χ3n) is 3.56. The lowest BCUT2D eigenvalue weighted by Crippen LogP contribution is -2.34. The van der Waals surface area contributed by atoms with E-state index in [0.29, 0.717) is 12.0 Å². The van der Waals surface area contributed by atoms with E-state index < -0.39 is 0 Å². The number of rotatable bonds is 5. The third kappa shape index (κ3) is 3.48. The molecule has 1 aliphatic carbocycles. The SMILES string of the molecule is CCNC1CCCCCC1c1nc(CSC)no1. The zero-order valence-corrected chi connectivity index (χ0v) is 12.1. The Hall–Kier alpha value is -0.550. The molecule has 5 heteroatoms. The number of hydrogen-bond acceptors (Lipinski definition) is 5. The van der Waals surface area contributed by atoms with Crippen molar-refractivity contribution in [2.75, 3.05) is 12.8 Å². The standard InChI is InChI=1S/C13H23N3OS/c1-3-14-11-8-6-4-5-7-10(11)13-15-12(9-18-2)16-17-13/h10-11,14H,3-9H2,1-2H3. The zero-order valence-electron chi connectivity index (χ0n) is 11.3. The van der Waals surface area contributed by atoms with Gasteiger partial charge < -0.3 is 9.84 Å². The lowest BCUT2D eigenvalue weighted by molar-refractivity contribution is 0.304. The van der Waals surface area contributed by atoms with E-state index in [2.05, 4.69) is 28.6 Å². The predicted octanol–water partition coefficient (Wildman–Crippen LogP) is 2.96. The second kappa shape index (κ2) is 7.14. The summed E-state index contributed by atoms with van der Waals surface area (Å²) in [5, 5.41) is 7.65. The van der Waals surface area contributed by atoms with Crippen molar-refractivity contribution in [3.05, 3.63) is 11.7 Å². The Labute approximate surface area is 113 Å². The molecule has 102 valence electrons. The molecule has 1 heterocycles. The maximum Gasteiger partial charge on any atom is 0.231 e. The van der Waals surface area contributed by atoms with Gasteiger partial charge in [-0.05, 0) is 25.6 Å². The first-order chi connectivity index (χ1) is 8.85. The van der Waals surface area contributed by atoms with Crippen molar-refractivity contribution >= 4 is 11.8 Å². The third-order valence-corrected chi connectivity index (χ3v) is 4.10. The van der Waals surface area contributed by atoms with Crippen molar-refractivity contribution in [3.63, 3.8) is 0 Å². The van der Waals surface area contributed by atoms with Gasteiger partial charge in [-0.1, -0.05) is 31.3 Å². The van der Waals surface area contributed by atoms with Gasteiger partial charge in [0.1, 0.15) is 0 Å². The molecule has 18 heavy (non-hydrogen) atoms. The van der Waals surface area contributed by atoms with Crippen LogP contribution in [-0.2, 0) is 5.75 Å². The molecule has 0 radical (unpaired) electrons. The Kier molecular flexibility index (Phi) is 5.50. The molecule has 2 rings (SSSR count). The molecule has 1 aliphatic rings. The van der Waals surface area contributed by atoms with Gasteiger partial charge in [0.25, 0.3) is 0 Å². The van der Waals surface area contributed by atoms with Crippen LogP contribution in [-0.4, -0.2) is 29.0 Å². The first-order valence-corrected chi connectivity index (χ1v) is 8.29. The van der Waals surface area contributed by atoms with Gasteiger partial charge in [-0.2, -0.15) is 16.7 Å². The van der Waals surface area contributed by atoms with Gasteiger partial charge in [0.15, 0.2) is 5.82 Å². The average molecular weight is 269 g/mol. The Morgan fingerprint density at radius 1 is 1.33 bits per heavy atom. The normalized spacial score (nSPS) is 25.0. The molecule has 0 aromatic carbocycles. The van der Waals surface area contributed by atoms with Crippen LogP contribution < -0.4 is 5.32 Å². The largest absolute Gasteiger partial charge is 0.339 e. The number of aromatic nitrogens is 2. The summed E-state index contributed by atoms with van der Waals surface area (Å²) < 4.78 is 5.47. The van der Waals surface area contributed by atoms with Gasteiger partial charge in [-0.25, -0.2) is 0 Å². The van der Waals surface area contributed by atoms with E-state index in [9.17, 15) is 0 Å². The maximum absolute atomic E-state index is 5.47. The molecule has 4 nitrogen and oxygen atoms in total. The molecule has 0 amide bonds. The van der Waals surface area contributed by atoms with Crippen LogP contribution in [0.1, 0.15) is 56.7 Å². The number of hydrogen-bond donors (Lipinski definition) is 1. The van der Waals surface area contributed by atoms with E-state index >= 15 is 0 Å². The monoisotopic (exact) mass is 269 g/mol. The van der Waals surface area contributed by atoms with Gasteiger partial charge in [0, 0.05) is 6.04 Å². The quantitative estimate of drug-likeness (QED) is 0.833. The number of nitrogens with zero attached hydrogens (tertiary/aromatic N) is 2. The number of likely N-dealkylation sites (N-methyl/N-ethyl adjacent to an activating group) is 1. The highest BCUT2D eigenvalue weighted by atomic mass is 32.2. The molecular weight excluding hydrogens is 246 g/mol. The van der Waals surface area contributed by atoms with E-state index in [0.717, 1.165) is 24.0 Å². The molecule has 1 aromatic rings. The summed E-state index contributed by atoms with van der Waals surface area (Å²) in [5.74, 6) is 2.90. The molecule has 0 bridgehead atoms. The van der Waals surface area contributed by atoms with Crippen LogP contribution in [0.25, 0.3) is 0 Å². The van der Waals surface area contributed by atoms with Gasteiger partial charge in [-0.15, -0.1) is 0 Å². The molecule has 0 spiro atoms. The fourth-order valence-electron chi connectivity index (χ4n) is 2.72. The second-order valence-electron chi connectivity index (χ2n) is 4.89. The summed E-state index contributed by atoms with van der Waals surface area (Å²) in [5.41, 5.74) is 0. The van der Waals surface area contributed by atoms with E-state index in [1.165, 1.54) is 32.1 Å². The van der Waals surface area contributed by atoms with Crippen LogP contribution >= 0.6 is 11.8 Å². The van der Waals surface area contributed by atoms with Crippen molar-refractivity contribution < 1.29 is 4.52 Å². The van der Waals surface area contributed by atoms with Gasteiger partial charge >= 0.3 is 0 Å². The summed E-state index contributed by atoms with van der Waals surface area (Å²) in [6.07, 6.45) is 8.34. The van der Waals surface area contributed by atoms with Gasteiger partial charge in [0.05, 0.1) is 11.7 Å². The fraction of sp³-hybridized carbons (Fsp3) is 0.846. The Bertz CT molecular complexity index is 356. The Balaban J connectivity index is 2.09. The van der Waals surface area contributed by atoms with Crippen LogP contribution in [0, 0.1) is 0 Å². The first kappa shape index (κ1) is 13.9. The smallest absolute Gasteiger partial charge is 0.231 e. The number of nitrogens with one attached hydrogen (secondary N) is 1. The minimum atomic E-state index is 0.399. The minimum Gasteiger partial charge on any atom is -0.339 e. The molecule has 1 fully saturated rings. The summed E-state index contributed by atoms with van der Waals surface area (Å²) in [4.78, 5) is 4.56. The predicted molar refractivity (Wildman–Crippen MR) is 74.8 cm³/mol. The van der Waals surface area contributed by atoms with E-state index in [-0.39, 0.29) is 0 Å². The molecule has 0 aliphatic heterocycles. The first-order valence-electron chi connectivity index (χ1n) is 6.90. The highest BCUT2D eigenvalue weighted by Crippen LogP contribution is 2.31.